The van der Waals surface area contributed by atoms with Gasteiger partial charge in [0.05, 0.1) is 63.0 Å². The van der Waals surface area contributed by atoms with E-state index in [2.05, 4.69) is 31.2 Å². The SMILES string of the molecule is Cc1ccc(CCCC(=O)NCCC[C@H](NC(=O)CN2CCN(CC(=O)O)CCN(CC(=O)O)CCN(CC(=O)O)CC2)C(=O)NCCSC[C@@H](O)C(=O)N2CCN(CCCOc3ccc4nccc(C(=O)NCC(=O)N5CC(F)(F)C[C@@H]5C#N)c4c3)CC2)cc1. The van der Waals surface area contributed by atoms with Crippen LogP contribution < -0.4 is 26.0 Å². The Morgan fingerprint density at radius 2 is 1.34 bits per heavy atom. The fraction of sp³-hybridized carbons (Fsp3) is 0.590. The number of amides is 6. The van der Waals surface area contributed by atoms with Gasteiger partial charge in [0.1, 0.15) is 23.9 Å². The van der Waals surface area contributed by atoms with Crippen molar-refractivity contribution in [3.63, 3.8) is 0 Å². The van der Waals surface area contributed by atoms with E-state index in [1.807, 2.05) is 31.2 Å². The molecular formula is C61H85F2N13O14S. The minimum atomic E-state index is -3.19. The summed E-state index contributed by atoms with van der Waals surface area (Å²) in [5.41, 5.74) is 2.94. The molecule has 30 heteroatoms. The molecule has 6 amide bonds. The summed E-state index contributed by atoms with van der Waals surface area (Å²) in [5, 5.41) is 60.5. The lowest BCUT2D eigenvalue weighted by Gasteiger charge is -2.35. The van der Waals surface area contributed by atoms with Crippen molar-refractivity contribution >= 4 is 76.0 Å². The Bertz CT molecular complexity index is 2960. The van der Waals surface area contributed by atoms with Crippen molar-refractivity contribution in [1.29, 1.82) is 5.26 Å². The minimum absolute atomic E-state index is 0.0598. The number of aliphatic carboxylic acids is 3. The molecule has 0 spiro atoms. The van der Waals surface area contributed by atoms with E-state index in [1.54, 1.807) is 48.8 Å². The Balaban J connectivity index is 0.936. The van der Waals surface area contributed by atoms with E-state index in [4.69, 9.17) is 4.74 Å². The second kappa shape index (κ2) is 37.0. The number of likely N-dealkylation sites (tertiary alicyclic amines) is 1. The van der Waals surface area contributed by atoms with Gasteiger partial charge in [0, 0.05) is 134 Å². The normalized spacial score (nSPS) is 18.0. The van der Waals surface area contributed by atoms with Gasteiger partial charge in [0.15, 0.2) is 0 Å². The third-order valence-electron chi connectivity index (χ3n) is 15.8. The number of carbonyl (C=O) groups excluding carboxylic acids is 6. The van der Waals surface area contributed by atoms with E-state index in [9.17, 15) is 77.6 Å². The number of hydrogen-bond acceptors (Lipinski definition) is 19. The Hall–Kier alpha value is -7.66. The number of benzene rings is 2. The number of carbonyl (C=O) groups is 9. The van der Waals surface area contributed by atoms with Gasteiger partial charge in [-0.25, -0.2) is 8.78 Å². The van der Waals surface area contributed by atoms with E-state index < -0.39 is 91.1 Å². The van der Waals surface area contributed by atoms with E-state index in [-0.39, 0.29) is 115 Å². The van der Waals surface area contributed by atoms with Crippen molar-refractivity contribution in [2.75, 3.05) is 156 Å². The van der Waals surface area contributed by atoms with Crippen LogP contribution in [0.1, 0.15) is 60.0 Å². The molecule has 2 aromatic carbocycles. The molecule has 0 bridgehead atoms. The zero-order valence-electron chi connectivity index (χ0n) is 51.4. The van der Waals surface area contributed by atoms with E-state index in [0.717, 1.165) is 22.4 Å². The summed E-state index contributed by atoms with van der Waals surface area (Å²) in [6, 6.07) is 14.0. The molecule has 4 heterocycles. The number of carboxylic acid groups (broad SMARTS) is 3. The van der Waals surface area contributed by atoms with Gasteiger partial charge in [-0.3, -0.25) is 72.6 Å². The van der Waals surface area contributed by atoms with Gasteiger partial charge in [-0.2, -0.15) is 17.0 Å². The summed E-state index contributed by atoms with van der Waals surface area (Å²) >= 11 is 1.26. The predicted octanol–water partition coefficient (Wildman–Crippen LogP) is 0.0357. The third kappa shape index (κ3) is 25.5. The number of nitrogens with zero attached hydrogens (tertiary/aromatic N) is 9. The van der Waals surface area contributed by atoms with Gasteiger partial charge in [-0.1, -0.05) is 29.8 Å². The summed E-state index contributed by atoms with van der Waals surface area (Å²) in [6.07, 6.45) is 2.15. The number of piperazine rings is 1. The van der Waals surface area contributed by atoms with Crippen molar-refractivity contribution < 1.29 is 77.1 Å². The highest BCUT2D eigenvalue weighted by Crippen LogP contribution is 2.32. The topological polar surface area (TPSA) is 351 Å². The number of nitriles is 1. The first-order valence-corrected chi connectivity index (χ1v) is 31.8. The molecule has 3 aliphatic heterocycles. The maximum absolute atomic E-state index is 13.9. The molecule has 3 atom stereocenters. The molecule has 0 aliphatic carbocycles. The number of carboxylic acids is 3. The Morgan fingerprint density at radius 1 is 0.736 bits per heavy atom. The van der Waals surface area contributed by atoms with Gasteiger partial charge in [0.25, 0.3) is 17.7 Å². The van der Waals surface area contributed by atoms with Crippen LogP contribution in [0, 0.1) is 18.3 Å². The molecule has 8 N–H and O–H groups in total. The van der Waals surface area contributed by atoms with Crippen LogP contribution in [0.2, 0.25) is 0 Å². The van der Waals surface area contributed by atoms with Gasteiger partial charge in [-0.15, -0.1) is 0 Å². The van der Waals surface area contributed by atoms with Crippen LogP contribution in [-0.4, -0.2) is 293 Å². The Kier molecular flexibility index (Phi) is 29.4. The predicted molar refractivity (Wildman–Crippen MR) is 331 cm³/mol. The molecule has 3 aromatic rings. The number of alkyl halides is 2. The van der Waals surface area contributed by atoms with Gasteiger partial charge in [-0.05, 0) is 68.9 Å². The molecule has 0 radical (unpaired) electrons. The maximum Gasteiger partial charge on any atom is 0.317 e. The smallest absolute Gasteiger partial charge is 0.317 e. The van der Waals surface area contributed by atoms with Crippen LogP contribution in [0.15, 0.2) is 54.7 Å². The molecule has 3 fully saturated rings. The van der Waals surface area contributed by atoms with Gasteiger partial charge < -0.3 is 56.2 Å². The second-order valence-electron chi connectivity index (χ2n) is 22.9. The number of thioether (sulfide) groups is 1. The standard InChI is InChI=1S/C61H85F2N13O14S/c1-43-8-10-44(11-9-43)5-2-7-52(78)66-15-3-6-50(69-53(79)37-71-19-21-72(38-55(81)82)23-25-74(40-57(85)86)26-24-73(22-20-71)39-56(83)84)59(88)67-17-32-91-41-51(77)60(89)75-29-27-70(28-30-75)18-4-31-90-46-12-13-49-48(33-46)47(14-16-65-49)58(87)68-36-54(80)76-42-61(62,63)34-45(76)35-64/h8-14,16,33,45,50-51,77H,2-7,15,17-32,34,36-42H2,1H3,(H,66,78)(H,67,88)(H,68,87)(H,69,79)(H,81,82)(H,83,84)(H,85,86)/t45-,50+,51-/m1/s1. The molecule has 1 aromatic heterocycles. The summed E-state index contributed by atoms with van der Waals surface area (Å²) in [5.74, 6) is -8.63. The lowest BCUT2D eigenvalue weighted by atomic mass is 10.1. The number of hydrogen-bond donors (Lipinski definition) is 8. The molecule has 0 saturated carbocycles. The first-order chi connectivity index (χ1) is 43.5. The lowest BCUT2D eigenvalue weighted by molar-refractivity contribution is -0.141. The van der Waals surface area contributed by atoms with Crippen LogP contribution in [0.25, 0.3) is 10.9 Å². The zero-order valence-corrected chi connectivity index (χ0v) is 52.2. The number of fused-ring (bicyclic) bond motifs is 1. The average molecular weight is 1290 g/mol. The Morgan fingerprint density at radius 3 is 1.95 bits per heavy atom. The average Bonchev–Trinajstić information content (AvgIpc) is 1.94. The number of rotatable bonds is 32. The lowest BCUT2D eigenvalue weighted by Crippen LogP contribution is -2.52. The van der Waals surface area contributed by atoms with E-state index >= 15 is 0 Å². The van der Waals surface area contributed by atoms with Crippen LogP contribution in [0.5, 0.6) is 5.75 Å². The monoisotopic (exact) mass is 1290 g/mol. The van der Waals surface area contributed by atoms with Crippen LogP contribution in [-0.2, 0) is 44.8 Å². The van der Waals surface area contributed by atoms with Crippen molar-refractivity contribution in [2.24, 2.45) is 0 Å². The number of halogens is 2. The summed E-state index contributed by atoms with van der Waals surface area (Å²) in [4.78, 5) is 130. The fourth-order valence-corrected chi connectivity index (χ4v) is 11.6. The van der Waals surface area contributed by atoms with E-state index in [0.29, 0.717) is 87.4 Å². The van der Waals surface area contributed by atoms with Crippen LogP contribution in [0.3, 0.4) is 0 Å². The number of pyridine rings is 1. The number of aryl methyl sites for hydroxylation is 2. The number of ether oxygens (including phenoxy) is 1. The molecule has 6 rings (SSSR count). The Labute approximate surface area is 531 Å². The van der Waals surface area contributed by atoms with Crippen molar-refractivity contribution in [2.45, 2.75) is 76.0 Å². The molecule has 27 nitrogen and oxygen atoms in total. The van der Waals surface area contributed by atoms with Crippen molar-refractivity contribution in [1.82, 2.24) is 60.6 Å². The number of aromatic nitrogens is 1. The van der Waals surface area contributed by atoms with Crippen LogP contribution in [0.4, 0.5) is 8.78 Å². The van der Waals surface area contributed by atoms with Crippen molar-refractivity contribution in [3.05, 3.63) is 71.4 Å². The first-order valence-electron chi connectivity index (χ1n) is 30.6. The molecule has 498 valence electrons. The highest BCUT2D eigenvalue weighted by Gasteiger charge is 2.47. The van der Waals surface area contributed by atoms with Gasteiger partial charge in [0.2, 0.25) is 23.6 Å². The summed E-state index contributed by atoms with van der Waals surface area (Å²) < 4.78 is 33.8. The summed E-state index contributed by atoms with van der Waals surface area (Å²) in [7, 11) is 0. The molecule has 0 unspecified atom stereocenters. The number of nitrogens with one attached hydrogen (secondary N) is 4. The molecule has 3 aliphatic rings. The number of aliphatic hydroxyl groups excluding tert-OH is 1. The zero-order chi connectivity index (χ0) is 65.9. The van der Waals surface area contributed by atoms with Gasteiger partial charge >= 0.3 is 17.9 Å². The van der Waals surface area contributed by atoms with Crippen LogP contribution >= 0.6 is 11.8 Å². The molecular weight excluding hydrogens is 1210 g/mol. The highest BCUT2D eigenvalue weighted by atomic mass is 32.2. The largest absolute Gasteiger partial charge is 0.494 e. The fourth-order valence-electron chi connectivity index (χ4n) is 10.8. The maximum atomic E-state index is 13.9. The quantitative estimate of drug-likeness (QED) is 0.0383. The van der Waals surface area contributed by atoms with E-state index in [1.165, 1.54) is 24.0 Å². The highest BCUT2D eigenvalue weighted by molar-refractivity contribution is 7.99. The van der Waals surface area contributed by atoms with Crippen molar-refractivity contribution in [3.8, 4) is 11.8 Å². The third-order valence-corrected chi connectivity index (χ3v) is 16.8. The first kappa shape index (κ1) is 72.4. The minimum Gasteiger partial charge on any atom is -0.494 e. The molecule has 91 heavy (non-hydrogen) atoms. The molecule has 3 saturated heterocycles. The second-order valence-corrected chi connectivity index (χ2v) is 24.1. The number of aliphatic hydroxyl groups is 1. The summed E-state index contributed by atoms with van der Waals surface area (Å²) in [6.45, 7) is 4.09.